The molecule has 0 spiro atoms. The minimum absolute atomic E-state index is 0.0362. The SMILES string of the molecule is Cc1cc(C(=O)N2Cc3c(nn4c3C(=O)N(C(C)c3ccc(C(F)(F)F)nc3)C[C@H]4C(=O)O)C[C@H]2C)ccc1Cl. The van der Waals surface area contributed by atoms with E-state index in [4.69, 9.17) is 11.6 Å². The maximum Gasteiger partial charge on any atom is 0.433 e. The molecule has 5 rings (SSSR count). The number of fused-ring (bicyclic) bond motifs is 3. The standard InChI is InChI=1S/C27H25ClF3N5O4/c1-13-8-16(4-6-19(13)28)24(37)34-11-18-20(9-14(34)2)33-36-21(26(39)40)12-35(25(38)23(18)36)15(3)17-5-7-22(32-10-17)27(29,30)31/h4-8,10,14-15,21H,9,11-12H2,1-3H3,(H,39,40)/t14-,15?,21+/m1/s1. The van der Waals surface area contributed by atoms with Crippen LogP contribution >= 0.6 is 11.6 Å². The lowest BCUT2D eigenvalue weighted by atomic mass is 9.96. The number of carboxylic acids is 1. The molecule has 0 fully saturated rings. The van der Waals surface area contributed by atoms with Crippen molar-refractivity contribution in [3.05, 3.63) is 80.9 Å². The van der Waals surface area contributed by atoms with E-state index in [2.05, 4.69) is 10.1 Å². The third kappa shape index (κ3) is 4.70. The molecule has 1 N–H and O–H groups in total. The zero-order valence-electron chi connectivity index (χ0n) is 21.7. The molecule has 9 nitrogen and oxygen atoms in total. The van der Waals surface area contributed by atoms with Crippen LogP contribution in [-0.4, -0.2) is 60.0 Å². The molecule has 0 aliphatic carbocycles. The van der Waals surface area contributed by atoms with E-state index in [1.54, 1.807) is 36.9 Å². The fourth-order valence-corrected chi connectivity index (χ4v) is 5.35. The van der Waals surface area contributed by atoms with Crippen molar-refractivity contribution >= 4 is 29.4 Å². The van der Waals surface area contributed by atoms with Crippen molar-refractivity contribution < 1.29 is 32.7 Å². The van der Waals surface area contributed by atoms with Crippen LogP contribution in [0.5, 0.6) is 0 Å². The van der Waals surface area contributed by atoms with Crippen LogP contribution < -0.4 is 0 Å². The van der Waals surface area contributed by atoms with E-state index in [1.165, 1.54) is 15.6 Å². The molecule has 0 radical (unpaired) electrons. The zero-order chi connectivity index (χ0) is 29.1. The van der Waals surface area contributed by atoms with Crippen LogP contribution in [-0.2, 0) is 23.9 Å². The quantitative estimate of drug-likeness (QED) is 0.484. The minimum atomic E-state index is -4.62. The Morgan fingerprint density at radius 1 is 1.20 bits per heavy atom. The van der Waals surface area contributed by atoms with E-state index in [1.807, 2.05) is 6.92 Å². The summed E-state index contributed by atoms with van der Waals surface area (Å²) in [7, 11) is 0. The molecule has 2 amide bonds. The summed E-state index contributed by atoms with van der Waals surface area (Å²) in [5, 5.41) is 15.0. The molecule has 13 heteroatoms. The predicted octanol–water partition coefficient (Wildman–Crippen LogP) is 4.69. The monoisotopic (exact) mass is 575 g/mol. The molecule has 1 aromatic carbocycles. The predicted molar refractivity (Wildman–Crippen MR) is 137 cm³/mol. The smallest absolute Gasteiger partial charge is 0.433 e. The molecule has 3 aromatic rings. The van der Waals surface area contributed by atoms with Crippen molar-refractivity contribution in [3.8, 4) is 0 Å². The highest BCUT2D eigenvalue weighted by molar-refractivity contribution is 6.31. The summed E-state index contributed by atoms with van der Waals surface area (Å²) in [6, 6.07) is 4.73. The van der Waals surface area contributed by atoms with Crippen molar-refractivity contribution in [1.82, 2.24) is 24.6 Å². The number of alkyl halides is 3. The zero-order valence-corrected chi connectivity index (χ0v) is 22.5. The third-order valence-corrected chi connectivity index (χ3v) is 7.97. The Morgan fingerprint density at radius 3 is 2.52 bits per heavy atom. The van der Waals surface area contributed by atoms with Crippen molar-refractivity contribution in [2.45, 2.75) is 58.0 Å². The molecule has 40 heavy (non-hydrogen) atoms. The van der Waals surface area contributed by atoms with Crippen LogP contribution in [0.15, 0.2) is 36.5 Å². The molecule has 210 valence electrons. The van der Waals surface area contributed by atoms with Crippen LogP contribution in [0.2, 0.25) is 5.02 Å². The van der Waals surface area contributed by atoms with Crippen molar-refractivity contribution in [1.29, 1.82) is 0 Å². The molecular weight excluding hydrogens is 551 g/mol. The van der Waals surface area contributed by atoms with Gasteiger partial charge in [-0.25, -0.2) is 9.48 Å². The van der Waals surface area contributed by atoms with Gasteiger partial charge in [-0.3, -0.25) is 14.6 Å². The van der Waals surface area contributed by atoms with E-state index in [9.17, 15) is 32.7 Å². The average Bonchev–Trinajstić information content (AvgIpc) is 3.27. The molecule has 3 atom stereocenters. The van der Waals surface area contributed by atoms with Gasteiger partial charge in [0.15, 0.2) is 6.04 Å². The number of hydrogen-bond acceptors (Lipinski definition) is 5. The lowest BCUT2D eigenvalue weighted by molar-refractivity contribution is -0.142. The van der Waals surface area contributed by atoms with Gasteiger partial charge in [-0.15, -0.1) is 0 Å². The van der Waals surface area contributed by atoms with Crippen molar-refractivity contribution in [2.75, 3.05) is 6.54 Å². The number of aliphatic carboxylic acids is 1. The average molecular weight is 576 g/mol. The Balaban J connectivity index is 1.50. The molecule has 0 bridgehead atoms. The summed E-state index contributed by atoms with van der Waals surface area (Å²) in [5.41, 5.74) is 1.45. The second kappa shape index (κ2) is 9.92. The number of rotatable bonds is 4. The molecule has 2 aliphatic heterocycles. The highest BCUT2D eigenvalue weighted by Gasteiger charge is 2.44. The molecule has 2 aliphatic rings. The maximum atomic E-state index is 13.8. The number of pyridine rings is 1. The van der Waals surface area contributed by atoms with Gasteiger partial charge in [0.2, 0.25) is 0 Å². The summed E-state index contributed by atoms with van der Waals surface area (Å²) in [6.07, 6.45) is -3.27. The van der Waals surface area contributed by atoms with E-state index >= 15 is 0 Å². The van der Waals surface area contributed by atoms with Gasteiger partial charge in [0.25, 0.3) is 11.8 Å². The number of hydrogen-bond donors (Lipinski definition) is 1. The van der Waals surface area contributed by atoms with Crippen molar-refractivity contribution in [2.24, 2.45) is 0 Å². The lowest BCUT2D eigenvalue weighted by Crippen LogP contribution is -2.47. The molecule has 0 saturated carbocycles. The van der Waals surface area contributed by atoms with Gasteiger partial charge < -0.3 is 14.9 Å². The first-order valence-electron chi connectivity index (χ1n) is 12.5. The van der Waals surface area contributed by atoms with Crippen molar-refractivity contribution in [3.63, 3.8) is 0 Å². The minimum Gasteiger partial charge on any atom is -0.480 e. The summed E-state index contributed by atoms with van der Waals surface area (Å²) in [5.74, 6) is -2.01. The Morgan fingerprint density at radius 2 is 1.93 bits per heavy atom. The topological polar surface area (TPSA) is 109 Å². The first-order valence-corrected chi connectivity index (χ1v) is 12.9. The molecule has 4 heterocycles. The molecule has 2 aromatic heterocycles. The van der Waals surface area contributed by atoms with Gasteiger partial charge >= 0.3 is 12.1 Å². The van der Waals surface area contributed by atoms with Gasteiger partial charge in [-0.05, 0) is 56.2 Å². The van der Waals surface area contributed by atoms with Crippen LogP contribution in [0.25, 0.3) is 0 Å². The number of amides is 2. The Labute approximate surface area is 232 Å². The fourth-order valence-electron chi connectivity index (χ4n) is 5.23. The molecular formula is C27H25ClF3N5O4. The second-order valence-electron chi connectivity index (χ2n) is 10.1. The van der Waals surface area contributed by atoms with Crippen LogP contribution in [0, 0.1) is 6.92 Å². The number of aromatic nitrogens is 3. The maximum absolute atomic E-state index is 13.8. The highest BCUT2D eigenvalue weighted by Crippen LogP contribution is 2.36. The summed E-state index contributed by atoms with van der Waals surface area (Å²) in [4.78, 5) is 45.9. The Bertz CT molecular complexity index is 1520. The van der Waals surface area contributed by atoms with E-state index in [0.29, 0.717) is 33.8 Å². The highest BCUT2D eigenvalue weighted by atomic mass is 35.5. The van der Waals surface area contributed by atoms with Gasteiger partial charge in [0.05, 0.1) is 24.8 Å². The van der Waals surface area contributed by atoms with Crippen LogP contribution in [0.4, 0.5) is 13.2 Å². The summed E-state index contributed by atoms with van der Waals surface area (Å²) < 4.78 is 40.2. The van der Waals surface area contributed by atoms with Gasteiger partial charge in [0.1, 0.15) is 11.4 Å². The summed E-state index contributed by atoms with van der Waals surface area (Å²) in [6.45, 7) is 5.03. The Kier molecular flexibility index (Phi) is 6.85. The molecule has 0 saturated heterocycles. The Hall–Kier alpha value is -3.93. The number of benzene rings is 1. The first-order chi connectivity index (χ1) is 18.8. The largest absolute Gasteiger partial charge is 0.480 e. The van der Waals surface area contributed by atoms with Gasteiger partial charge in [-0.1, -0.05) is 17.7 Å². The lowest BCUT2D eigenvalue weighted by Gasteiger charge is -2.37. The number of halogens is 4. The normalized spacial score (nSPS) is 19.7. The number of nitrogens with zero attached hydrogens (tertiary/aromatic N) is 5. The van der Waals surface area contributed by atoms with Crippen LogP contribution in [0.3, 0.4) is 0 Å². The van der Waals surface area contributed by atoms with E-state index < -0.39 is 35.8 Å². The first kappa shape index (κ1) is 27.6. The van der Waals surface area contributed by atoms with Gasteiger partial charge in [0, 0.05) is 34.8 Å². The second-order valence-corrected chi connectivity index (χ2v) is 10.5. The van der Waals surface area contributed by atoms with E-state index in [-0.39, 0.29) is 30.7 Å². The third-order valence-electron chi connectivity index (χ3n) is 7.55. The number of carboxylic acid groups (broad SMARTS) is 1. The number of carbonyl (C=O) groups is 3. The fraction of sp³-hybridized carbons (Fsp3) is 0.370. The van der Waals surface area contributed by atoms with Crippen LogP contribution in [0.1, 0.15) is 74.9 Å². The summed E-state index contributed by atoms with van der Waals surface area (Å²) >= 11 is 6.12. The number of aryl methyl sites for hydroxylation is 1. The van der Waals surface area contributed by atoms with Gasteiger partial charge in [-0.2, -0.15) is 18.3 Å². The molecule has 1 unspecified atom stereocenters. The number of carbonyl (C=O) groups excluding carboxylic acids is 2. The van der Waals surface area contributed by atoms with E-state index in [0.717, 1.165) is 17.8 Å².